The second kappa shape index (κ2) is 5.24. The zero-order valence-corrected chi connectivity index (χ0v) is 11.2. The van der Waals surface area contributed by atoms with Crippen molar-refractivity contribution in [1.82, 2.24) is 15.0 Å². The van der Waals surface area contributed by atoms with E-state index < -0.39 is 27.9 Å². The van der Waals surface area contributed by atoms with E-state index in [9.17, 15) is 18.0 Å². The number of amides is 2. The van der Waals surface area contributed by atoms with Crippen molar-refractivity contribution in [3.8, 4) is 0 Å². The molecular formula is C10H10ClN3O4S. The van der Waals surface area contributed by atoms with Gasteiger partial charge in [0.1, 0.15) is 16.1 Å². The average molecular weight is 304 g/mol. The van der Waals surface area contributed by atoms with E-state index in [0.29, 0.717) is 0 Å². The smallest absolute Gasteiger partial charge is 0.244 e. The summed E-state index contributed by atoms with van der Waals surface area (Å²) >= 11 is 5.70. The minimum Gasteiger partial charge on any atom is -0.295 e. The summed E-state index contributed by atoms with van der Waals surface area (Å²) in [4.78, 5) is 25.9. The highest BCUT2D eigenvalue weighted by Crippen LogP contribution is 2.18. The van der Waals surface area contributed by atoms with Crippen molar-refractivity contribution in [3.63, 3.8) is 0 Å². The van der Waals surface area contributed by atoms with Gasteiger partial charge in [-0.1, -0.05) is 11.6 Å². The molecule has 2 N–H and O–H groups in total. The largest absolute Gasteiger partial charge is 0.295 e. The molecule has 0 aromatic carbocycles. The molecule has 1 aliphatic rings. The third kappa shape index (κ3) is 3.09. The predicted molar refractivity (Wildman–Crippen MR) is 65.7 cm³/mol. The van der Waals surface area contributed by atoms with Crippen molar-refractivity contribution in [1.29, 1.82) is 0 Å². The van der Waals surface area contributed by atoms with Crippen LogP contribution in [0.2, 0.25) is 5.15 Å². The summed E-state index contributed by atoms with van der Waals surface area (Å²) < 4.78 is 26.3. The molecule has 2 rings (SSSR count). The fraction of sp³-hybridized carbons (Fsp3) is 0.300. The molecule has 1 aromatic heterocycles. The number of hydrogen-bond donors (Lipinski definition) is 2. The van der Waals surface area contributed by atoms with Crippen molar-refractivity contribution < 1.29 is 18.0 Å². The number of nitrogens with one attached hydrogen (secondary N) is 2. The van der Waals surface area contributed by atoms with Gasteiger partial charge in [0.15, 0.2) is 0 Å². The molecule has 2 amide bonds. The van der Waals surface area contributed by atoms with Crippen LogP contribution < -0.4 is 10.0 Å². The Morgan fingerprint density at radius 1 is 1.42 bits per heavy atom. The van der Waals surface area contributed by atoms with Crippen LogP contribution in [0.4, 0.5) is 0 Å². The quantitative estimate of drug-likeness (QED) is 0.595. The molecule has 2 heterocycles. The molecule has 1 unspecified atom stereocenters. The molecule has 9 heteroatoms. The van der Waals surface area contributed by atoms with Crippen molar-refractivity contribution in [2.75, 3.05) is 0 Å². The summed E-state index contributed by atoms with van der Waals surface area (Å²) in [6.07, 6.45) is 1.55. The van der Waals surface area contributed by atoms with E-state index in [-0.39, 0.29) is 22.9 Å². The summed E-state index contributed by atoms with van der Waals surface area (Å²) in [5.74, 6) is -1.08. The van der Waals surface area contributed by atoms with Gasteiger partial charge in [0.05, 0.1) is 0 Å². The molecule has 1 fully saturated rings. The zero-order valence-electron chi connectivity index (χ0n) is 9.59. The minimum absolute atomic E-state index is 0.0830. The van der Waals surface area contributed by atoms with Crippen LogP contribution in [0, 0.1) is 0 Å². The Hall–Kier alpha value is -1.51. The van der Waals surface area contributed by atoms with Gasteiger partial charge in [0, 0.05) is 12.6 Å². The van der Waals surface area contributed by atoms with Crippen LogP contribution in [0.5, 0.6) is 0 Å². The number of halogens is 1. The van der Waals surface area contributed by atoms with Crippen LogP contribution >= 0.6 is 11.6 Å². The Kier molecular flexibility index (Phi) is 3.83. The van der Waals surface area contributed by atoms with Crippen molar-refractivity contribution in [3.05, 3.63) is 23.5 Å². The van der Waals surface area contributed by atoms with E-state index >= 15 is 0 Å². The second-order valence-electron chi connectivity index (χ2n) is 3.92. The Bertz CT molecular complexity index is 631. The third-order valence-electron chi connectivity index (χ3n) is 2.55. The second-order valence-corrected chi connectivity index (χ2v) is 5.96. The number of imide groups is 1. The highest BCUT2D eigenvalue weighted by atomic mass is 35.5. The van der Waals surface area contributed by atoms with Gasteiger partial charge in [-0.2, -0.15) is 4.72 Å². The number of piperidine rings is 1. The molecule has 1 saturated heterocycles. The first-order chi connectivity index (χ1) is 8.90. The van der Waals surface area contributed by atoms with Crippen LogP contribution in [0.25, 0.3) is 0 Å². The first-order valence-corrected chi connectivity index (χ1v) is 7.23. The first-order valence-electron chi connectivity index (χ1n) is 5.37. The molecule has 0 saturated carbocycles. The number of sulfonamides is 1. The Labute approximate surface area is 114 Å². The normalized spacial score (nSPS) is 20.2. The lowest BCUT2D eigenvalue weighted by Crippen LogP contribution is -2.52. The van der Waals surface area contributed by atoms with Gasteiger partial charge in [-0.05, 0) is 18.6 Å². The van der Waals surface area contributed by atoms with Crippen LogP contribution in [0.3, 0.4) is 0 Å². The van der Waals surface area contributed by atoms with Crippen LogP contribution in [0.15, 0.2) is 23.2 Å². The molecule has 1 atom stereocenters. The van der Waals surface area contributed by atoms with Crippen LogP contribution in [-0.4, -0.2) is 31.3 Å². The average Bonchev–Trinajstić information content (AvgIpc) is 2.33. The number of carbonyl (C=O) groups is 2. The number of hydrogen-bond acceptors (Lipinski definition) is 5. The van der Waals surface area contributed by atoms with Crippen molar-refractivity contribution >= 4 is 33.4 Å². The highest BCUT2D eigenvalue weighted by Gasteiger charge is 2.31. The fourth-order valence-electron chi connectivity index (χ4n) is 1.63. The summed E-state index contributed by atoms with van der Waals surface area (Å²) in [5.41, 5.74) is 0. The van der Waals surface area contributed by atoms with Gasteiger partial charge in [0.2, 0.25) is 21.8 Å². The van der Waals surface area contributed by atoms with Crippen molar-refractivity contribution in [2.24, 2.45) is 0 Å². The number of rotatable bonds is 3. The van der Waals surface area contributed by atoms with E-state index in [1.165, 1.54) is 18.3 Å². The molecule has 0 spiro atoms. The van der Waals surface area contributed by atoms with Gasteiger partial charge in [0.25, 0.3) is 0 Å². The summed E-state index contributed by atoms with van der Waals surface area (Å²) in [7, 11) is -3.96. The van der Waals surface area contributed by atoms with E-state index in [2.05, 4.69) is 15.0 Å². The topological polar surface area (TPSA) is 105 Å². The van der Waals surface area contributed by atoms with E-state index in [1.54, 1.807) is 0 Å². The number of nitrogens with zero attached hydrogens (tertiary/aromatic N) is 1. The van der Waals surface area contributed by atoms with Crippen LogP contribution in [0.1, 0.15) is 12.8 Å². The van der Waals surface area contributed by atoms with Crippen molar-refractivity contribution in [2.45, 2.75) is 23.8 Å². The lowest BCUT2D eigenvalue weighted by atomic mass is 10.1. The van der Waals surface area contributed by atoms with Gasteiger partial charge in [-0.3, -0.25) is 14.9 Å². The standard InChI is InChI=1S/C10H10ClN3O4S/c11-9-7(2-1-5-12-9)19(17,18)14-6-3-4-8(15)13-10(6)16/h1-2,5-6,14H,3-4H2,(H,13,15,16). The molecule has 19 heavy (non-hydrogen) atoms. The van der Waals surface area contributed by atoms with E-state index in [0.717, 1.165) is 0 Å². The Morgan fingerprint density at radius 2 is 2.16 bits per heavy atom. The summed E-state index contributed by atoms with van der Waals surface area (Å²) in [5, 5.41) is 1.89. The highest BCUT2D eigenvalue weighted by molar-refractivity contribution is 7.89. The summed E-state index contributed by atoms with van der Waals surface area (Å²) in [6.45, 7) is 0. The predicted octanol–water partition coefficient (Wildman–Crippen LogP) is -0.182. The molecular weight excluding hydrogens is 294 g/mol. The number of aromatic nitrogens is 1. The monoisotopic (exact) mass is 303 g/mol. The van der Waals surface area contributed by atoms with Gasteiger partial charge < -0.3 is 0 Å². The van der Waals surface area contributed by atoms with Crippen LogP contribution in [-0.2, 0) is 19.6 Å². The third-order valence-corrected chi connectivity index (χ3v) is 4.47. The molecule has 7 nitrogen and oxygen atoms in total. The SMILES string of the molecule is O=C1CCC(NS(=O)(=O)c2cccnc2Cl)C(=O)N1. The summed E-state index contributed by atoms with van der Waals surface area (Å²) in [6, 6.07) is 1.72. The van der Waals surface area contributed by atoms with Gasteiger partial charge in [-0.25, -0.2) is 13.4 Å². The Balaban J connectivity index is 2.21. The van der Waals surface area contributed by atoms with E-state index in [4.69, 9.17) is 11.6 Å². The zero-order chi connectivity index (χ0) is 14.0. The minimum atomic E-state index is -3.96. The fourth-order valence-corrected chi connectivity index (χ4v) is 3.31. The molecule has 1 aromatic rings. The van der Waals surface area contributed by atoms with Gasteiger partial charge >= 0.3 is 0 Å². The molecule has 0 radical (unpaired) electrons. The Morgan fingerprint density at radius 3 is 2.79 bits per heavy atom. The van der Waals surface area contributed by atoms with Gasteiger partial charge in [-0.15, -0.1) is 0 Å². The maximum atomic E-state index is 12.0. The molecule has 1 aliphatic heterocycles. The van der Waals surface area contributed by atoms with E-state index in [1.807, 2.05) is 0 Å². The lowest BCUT2D eigenvalue weighted by molar-refractivity contribution is -0.134. The number of pyridine rings is 1. The molecule has 0 bridgehead atoms. The first kappa shape index (κ1) is 13.9. The molecule has 0 aliphatic carbocycles. The molecule has 102 valence electrons. The lowest BCUT2D eigenvalue weighted by Gasteiger charge is -2.21. The maximum Gasteiger partial charge on any atom is 0.244 e. The maximum absolute atomic E-state index is 12.0. The number of carbonyl (C=O) groups excluding carboxylic acids is 2.